The van der Waals surface area contributed by atoms with Gasteiger partial charge in [-0.25, -0.2) is 14.4 Å². The topological polar surface area (TPSA) is 194 Å². The number of unbranched alkanes of at least 4 members (excludes halogenated alkanes) is 1. The molecule has 0 bridgehead atoms. The minimum atomic E-state index is -1.11. The number of benzene rings is 3. The predicted octanol–water partition coefficient (Wildman–Crippen LogP) is 6.59. The van der Waals surface area contributed by atoms with E-state index in [0.29, 0.717) is 18.4 Å². The molecule has 3 aromatic rings. The van der Waals surface area contributed by atoms with E-state index in [1.807, 2.05) is 6.92 Å². The SMILES string of the molecule is CCCC[C@H](NC(=O)[C@H](C)NC(=O)[C@@H](NC(=O)c1ccccc1)C(C)C)C(=O)O.O=C(COC(=O)c1c(Cl)cccc1Cl)COC(=O)c1c(Cl)cccc1Cl. The molecule has 296 valence electrons. The number of nitrogens with one attached hydrogen (secondary N) is 3. The summed E-state index contributed by atoms with van der Waals surface area (Å²) in [5.74, 6) is -5.19. The lowest BCUT2D eigenvalue weighted by atomic mass is 10.0. The summed E-state index contributed by atoms with van der Waals surface area (Å²) in [6, 6.07) is 14.7. The highest BCUT2D eigenvalue weighted by Crippen LogP contribution is 2.26. The van der Waals surface area contributed by atoms with E-state index in [-0.39, 0.29) is 43.0 Å². The molecular formula is C38H41Cl4N3O10. The normalized spacial score (nSPS) is 12.2. The summed E-state index contributed by atoms with van der Waals surface area (Å²) in [5, 5.41) is 17.3. The van der Waals surface area contributed by atoms with Gasteiger partial charge in [-0.3, -0.25) is 19.2 Å². The van der Waals surface area contributed by atoms with Gasteiger partial charge in [0.2, 0.25) is 17.6 Å². The molecular weight excluding hydrogens is 800 g/mol. The molecule has 3 amide bonds. The molecule has 0 aliphatic heterocycles. The van der Waals surface area contributed by atoms with Crippen molar-refractivity contribution in [2.45, 2.75) is 65.1 Å². The van der Waals surface area contributed by atoms with Crippen molar-refractivity contribution in [3.8, 4) is 0 Å². The Labute approximate surface area is 338 Å². The summed E-state index contributed by atoms with van der Waals surface area (Å²) in [4.78, 5) is 84.3. The third kappa shape index (κ3) is 15.2. The molecule has 3 rings (SSSR count). The minimum Gasteiger partial charge on any atom is -0.480 e. The van der Waals surface area contributed by atoms with Crippen LogP contribution in [0.3, 0.4) is 0 Å². The molecule has 0 saturated heterocycles. The van der Waals surface area contributed by atoms with Crippen LogP contribution in [0.4, 0.5) is 0 Å². The number of hydrogen-bond acceptors (Lipinski definition) is 9. The zero-order valence-corrected chi connectivity index (χ0v) is 33.4. The first-order valence-corrected chi connectivity index (χ1v) is 18.4. The maximum Gasteiger partial charge on any atom is 0.341 e. The number of halogens is 4. The molecule has 0 unspecified atom stereocenters. The number of carboxylic acids is 1. The molecule has 0 fully saturated rings. The van der Waals surface area contributed by atoms with Crippen LogP contribution >= 0.6 is 46.4 Å². The smallest absolute Gasteiger partial charge is 0.341 e. The number of carbonyl (C=O) groups excluding carboxylic acids is 6. The molecule has 13 nitrogen and oxygen atoms in total. The largest absolute Gasteiger partial charge is 0.480 e. The lowest BCUT2D eigenvalue weighted by Gasteiger charge is -2.24. The fraction of sp³-hybridized carbons (Fsp3) is 0.342. The second kappa shape index (κ2) is 23.3. The standard InChI is InChI=1S/C21H31N3O5.C17H10Cl4O5/c1-5-6-12-16(21(28)29)23-18(25)14(4)22-20(27)17(13(2)3)24-19(26)15-10-8-7-9-11-15;18-10-3-1-4-11(19)14(10)16(23)25-7-9(22)8-26-17(24)15-12(20)5-2-6-13(15)21/h7-11,13-14,16-17H,5-6,12H2,1-4H3,(H,22,27)(H,23,25)(H,24,26)(H,28,29);1-6H,7-8H2/t14-,16-,17-;/m0./s1. The Hall–Kier alpha value is -4.69. The number of carboxylic acid groups (broad SMARTS) is 1. The van der Waals surface area contributed by atoms with Crippen LogP contribution in [-0.2, 0) is 28.7 Å². The number of ether oxygens (including phenoxy) is 2. The van der Waals surface area contributed by atoms with E-state index in [1.165, 1.54) is 31.2 Å². The van der Waals surface area contributed by atoms with Crippen LogP contribution in [0.5, 0.6) is 0 Å². The van der Waals surface area contributed by atoms with Crippen LogP contribution in [-0.4, -0.2) is 77.9 Å². The van der Waals surface area contributed by atoms with E-state index < -0.39 is 66.8 Å². The zero-order valence-electron chi connectivity index (χ0n) is 30.3. The quantitative estimate of drug-likeness (QED) is 0.108. The fourth-order valence-corrected chi connectivity index (χ4v) is 5.65. The summed E-state index contributed by atoms with van der Waals surface area (Å²) in [7, 11) is 0. The molecule has 0 heterocycles. The van der Waals surface area contributed by atoms with Gasteiger partial charge in [-0.05, 0) is 55.7 Å². The second-order valence-corrected chi connectivity index (χ2v) is 13.8. The molecule has 0 aliphatic carbocycles. The summed E-state index contributed by atoms with van der Waals surface area (Å²) >= 11 is 23.5. The van der Waals surface area contributed by atoms with Crippen LogP contribution in [0.2, 0.25) is 20.1 Å². The summed E-state index contributed by atoms with van der Waals surface area (Å²) in [6.07, 6.45) is 1.79. The van der Waals surface area contributed by atoms with Gasteiger partial charge in [0.1, 0.15) is 18.1 Å². The van der Waals surface area contributed by atoms with Gasteiger partial charge in [0.05, 0.1) is 31.2 Å². The first-order chi connectivity index (χ1) is 26.0. The van der Waals surface area contributed by atoms with Crippen molar-refractivity contribution in [2.24, 2.45) is 5.92 Å². The van der Waals surface area contributed by atoms with Crippen molar-refractivity contribution >= 4 is 87.8 Å². The number of esters is 2. The van der Waals surface area contributed by atoms with E-state index >= 15 is 0 Å². The van der Waals surface area contributed by atoms with Crippen LogP contribution in [0.1, 0.15) is 78.0 Å². The van der Waals surface area contributed by atoms with Gasteiger partial charge in [-0.15, -0.1) is 0 Å². The number of ketones is 1. The maximum absolute atomic E-state index is 12.6. The molecule has 0 aromatic heterocycles. The van der Waals surface area contributed by atoms with E-state index in [2.05, 4.69) is 16.0 Å². The maximum atomic E-state index is 12.6. The van der Waals surface area contributed by atoms with Crippen molar-refractivity contribution in [1.82, 2.24) is 16.0 Å². The molecule has 55 heavy (non-hydrogen) atoms. The Morgan fingerprint density at radius 3 is 1.55 bits per heavy atom. The summed E-state index contributed by atoms with van der Waals surface area (Å²) < 4.78 is 9.67. The second-order valence-electron chi connectivity index (χ2n) is 12.2. The monoisotopic (exact) mass is 839 g/mol. The van der Waals surface area contributed by atoms with E-state index in [0.717, 1.165) is 6.42 Å². The first kappa shape index (κ1) is 46.5. The van der Waals surface area contributed by atoms with Gasteiger partial charge in [0.25, 0.3) is 5.91 Å². The van der Waals surface area contributed by atoms with Crippen molar-refractivity contribution in [2.75, 3.05) is 13.2 Å². The predicted molar refractivity (Wildman–Crippen MR) is 208 cm³/mol. The van der Waals surface area contributed by atoms with Crippen LogP contribution in [0, 0.1) is 5.92 Å². The molecule has 0 aliphatic rings. The zero-order chi connectivity index (χ0) is 41.2. The average Bonchev–Trinajstić information content (AvgIpc) is 3.13. The van der Waals surface area contributed by atoms with Gasteiger partial charge in [0, 0.05) is 5.56 Å². The van der Waals surface area contributed by atoms with Crippen molar-refractivity contribution < 1.29 is 48.1 Å². The molecule has 3 aromatic carbocycles. The van der Waals surface area contributed by atoms with E-state index in [4.69, 9.17) is 55.9 Å². The minimum absolute atomic E-state index is 0.0523. The van der Waals surface area contributed by atoms with Gasteiger partial charge in [-0.2, -0.15) is 0 Å². The van der Waals surface area contributed by atoms with Crippen LogP contribution < -0.4 is 16.0 Å². The van der Waals surface area contributed by atoms with Gasteiger partial charge < -0.3 is 30.5 Å². The first-order valence-electron chi connectivity index (χ1n) is 16.9. The van der Waals surface area contributed by atoms with E-state index in [1.54, 1.807) is 56.3 Å². The third-order valence-corrected chi connectivity index (χ3v) is 8.81. The molecule has 0 radical (unpaired) electrons. The highest BCUT2D eigenvalue weighted by Gasteiger charge is 2.29. The fourth-order valence-electron chi connectivity index (χ4n) is 4.54. The van der Waals surface area contributed by atoms with Gasteiger partial charge in [-0.1, -0.05) is 110 Å². The Kier molecular flexibility index (Phi) is 19.7. The van der Waals surface area contributed by atoms with Crippen molar-refractivity contribution in [3.05, 3.63) is 104 Å². The summed E-state index contributed by atoms with van der Waals surface area (Å²) in [5.41, 5.74) is 0.323. The summed E-state index contributed by atoms with van der Waals surface area (Å²) in [6.45, 7) is 5.73. The van der Waals surface area contributed by atoms with Crippen molar-refractivity contribution in [1.29, 1.82) is 0 Å². The third-order valence-electron chi connectivity index (χ3n) is 7.55. The van der Waals surface area contributed by atoms with Crippen LogP contribution in [0.25, 0.3) is 0 Å². The highest BCUT2D eigenvalue weighted by molar-refractivity contribution is 6.40. The van der Waals surface area contributed by atoms with Crippen molar-refractivity contribution in [3.63, 3.8) is 0 Å². The molecule has 17 heteroatoms. The molecule has 0 saturated carbocycles. The molecule has 4 N–H and O–H groups in total. The number of Topliss-reactive ketones (excluding diaryl/α,β-unsaturated/α-hetero) is 1. The van der Waals surface area contributed by atoms with Gasteiger partial charge in [0.15, 0.2) is 13.2 Å². The Morgan fingerprint density at radius 2 is 1.13 bits per heavy atom. The Balaban J connectivity index is 0.000000382. The lowest BCUT2D eigenvalue weighted by molar-refractivity contribution is -0.142. The molecule has 3 atom stereocenters. The number of aliphatic carboxylic acids is 1. The lowest BCUT2D eigenvalue weighted by Crippen LogP contribution is -2.56. The number of hydrogen-bond donors (Lipinski definition) is 4. The molecule has 0 spiro atoms. The van der Waals surface area contributed by atoms with E-state index in [9.17, 15) is 38.7 Å². The Bertz CT molecular complexity index is 1730. The van der Waals surface area contributed by atoms with Crippen LogP contribution in [0.15, 0.2) is 66.7 Å². The Morgan fingerprint density at radius 1 is 0.655 bits per heavy atom. The highest BCUT2D eigenvalue weighted by atomic mass is 35.5. The number of amides is 3. The van der Waals surface area contributed by atoms with Gasteiger partial charge >= 0.3 is 17.9 Å². The average molecular weight is 842 g/mol. The number of rotatable bonds is 17. The number of carbonyl (C=O) groups is 7.